The van der Waals surface area contributed by atoms with Crippen molar-refractivity contribution in [3.8, 4) is 0 Å². The van der Waals surface area contributed by atoms with Crippen LogP contribution >= 0.6 is 0 Å². The SMILES string of the molecule is CCCCCC/C=C\CCCCCCCC(CC(=O)NC(CO)C(O)CCCCCCCCCCCCCCC)OC(=O)CCCCC/C=C\CCCCCCCC. The van der Waals surface area contributed by atoms with Gasteiger partial charge in [0.25, 0.3) is 0 Å². The average Bonchev–Trinajstić information content (AvgIpc) is 3.22. The Kier molecular flexibility index (Phi) is 45.1. The number of amides is 1. The van der Waals surface area contributed by atoms with Crippen LogP contribution in [0.25, 0.3) is 0 Å². The number of carbonyl (C=O) groups excluding carboxylic acids is 2. The summed E-state index contributed by atoms with van der Waals surface area (Å²) >= 11 is 0. The molecule has 0 saturated carbocycles. The van der Waals surface area contributed by atoms with Gasteiger partial charge in [-0.1, -0.05) is 206 Å². The summed E-state index contributed by atoms with van der Waals surface area (Å²) in [6.07, 6.45) is 52.3. The summed E-state index contributed by atoms with van der Waals surface area (Å²) in [5.74, 6) is -0.491. The summed E-state index contributed by atoms with van der Waals surface area (Å²) in [6.45, 7) is 6.47. The molecule has 3 atom stereocenters. The zero-order valence-electron chi connectivity index (χ0n) is 38.9. The normalized spacial score (nSPS) is 13.4. The molecule has 0 aliphatic carbocycles. The second kappa shape index (κ2) is 46.4. The predicted molar refractivity (Wildman–Crippen MR) is 250 cm³/mol. The van der Waals surface area contributed by atoms with Crippen LogP contribution in [-0.2, 0) is 14.3 Å². The van der Waals surface area contributed by atoms with Crippen molar-refractivity contribution < 1.29 is 24.5 Å². The van der Waals surface area contributed by atoms with Gasteiger partial charge in [0.2, 0.25) is 5.91 Å². The standard InChI is InChI=1S/C52H99NO5/c1-4-7-10-13-16-19-22-25-28-31-34-37-40-43-48(58-52(57)45-42-39-36-33-30-27-24-21-18-15-12-9-6-3)46-51(56)53-49(47-54)50(55)44-41-38-35-32-29-26-23-20-17-14-11-8-5-2/h19,22,27,30,48-50,54-55H,4-18,20-21,23-26,28-29,31-47H2,1-3H3,(H,53,56)/b22-19-,30-27-. The molecule has 6 heteroatoms. The van der Waals surface area contributed by atoms with Crippen molar-refractivity contribution in [1.82, 2.24) is 5.32 Å². The van der Waals surface area contributed by atoms with E-state index in [1.165, 1.54) is 161 Å². The number of carbonyl (C=O) groups is 2. The van der Waals surface area contributed by atoms with Crippen molar-refractivity contribution in [2.75, 3.05) is 6.61 Å². The Labute approximate surface area is 361 Å². The van der Waals surface area contributed by atoms with E-state index in [9.17, 15) is 19.8 Å². The number of aliphatic hydroxyl groups is 2. The minimum Gasteiger partial charge on any atom is -0.462 e. The van der Waals surface area contributed by atoms with Crippen molar-refractivity contribution in [3.05, 3.63) is 24.3 Å². The number of aliphatic hydroxyl groups excluding tert-OH is 2. The first-order chi connectivity index (χ1) is 28.5. The van der Waals surface area contributed by atoms with E-state index in [0.717, 1.165) is 64.2 Å². The van der Waals surface area contributed by atoms with Gasteiger partial charge in [-0.25, -0.2) is 0 Å². The number of allylic oxidation sites excluding steroid dienone is 4. The number of hydrogen-bond acceptors (Lipinski definition) is 5. The van der Waals surface area contributed by atoms with E-state index in [1.54, 1.807) is 0 Å². The third-order valence-electron chi connectivity index (χ3n) is 11.8. The Morgan fingerprint density at radius 2 is 0.828 bits per heavy atom. The van der Waals surface area contributed by atoms with E-state index in [2.05, 4.69) is 50.4 Å². The van der Waals surface area contributed by atoms with Gasteiger partial charge in [0.1, 0.15) is 6.10 Å². The Bertz CT molecular complexity index is 919. The maximum absolute atomic E-state index is 13.2. The molecule has 0 saturated heterocycles. The summed E-state index contributed by atoms with van der Waals surface area (Å²) in [6, 6.07) is -0.702. The number of rotatable bonds is 46. The smallest absolute Gasteiger partial charge is 0.306 e. The fourth-order valence-corrected chi connectivity index (χ4v) is 7.83. The minimum absolute atomic E-state index is 0.0696. The Balaban J connectivity index is 4.58. The van der Waals surface area contributed by atoms with Crippen LogP contribution < -0.4 is 5.32 Å². The number of hydrogen-bond donors (Lipinski definition) is 3. The molecule has 0 radical (unpaired) electrons. The van der Waals surface area contributed by atoms with E-state index >= 15 is 0 Å². The van der Waals surface area contributed by atoms with Crippen molar-refractivity contribution in [3.63, 3.8) is 0 Å². The first-order valence-corrected chi connectivity index (χ1v) is 25.6. The molecule has 0 aliphatic rings. The number of nitrogens with one attached hydrogen (secondary N) is 1. The fraction of sp³-hybridized carbons (Fsp3) is 0.885. The van der Waals surface area contributed by atoms with E-state index < -0.39 is 18.2 Å². The number of esters is 1. The quantitative estimate of drug-likeness (QED) is 0.0323. The Hall–Kier alpha value is -1.66. The number of ether oxygens (including phenoxy) is 1. The minimum atomic E-state index is -0.788. The van der Waals surface area contributed by atoms with Gasteiger partial charge < -0.3 is 20.3 Å². The molecule has 0 bridgehead atoms. The maximum Gasteiger partial charge on any atom is 0.306 e. The molecule has 0 fully saturated rings. The van der Waals surface area contributed by atoms with Crippen LogP contribution in [0, 0.1) is 0 Å². The molecule has 6 nitrogen and oxygen atoms in total. The first-order valence-electron chi connectivity index (χ1n) is 25.6. The lowest BCUT2D eigenvalue weighted by Gasteiger charge is -2.24. The highest BCUT2D eigenvalue weighted by Gasteiger charge is 2.24. The number of unbranched alkanes of at least 4 members (excludes halogenated alkanes) is 30. The second-order valence-corrected chi connectivity index (χ2v) is 17.6. The molecule has 0 aliphatic heterocycles. The molecule has 0 aromatic carbocycles. The lowest BCUT2D eigenvalue weighted by molar-refractivity contribution is -0.151. The van der Waals surface area contributed by atoms with Crippen LogP contribution in [0.3, 0.4) is 0 Å². The summed E-state index contributed by atoms with van der Waals surface area (Å²) in [5.41, 5.74) is 0. The average molecular weight is 818 g/mol. The molecule has 0 aromatic rings. The van der Waals surface area contributed by atoms with E-state index in [1.807, 2.05) is 0 Å². The third kappa shape index (κ3) is 41.1. The molecular formula is C52H99NO5. The summed E-state index contributed by atoms with van der Waals surface area (Å²) in [4.78, 5) is 26.1. The highest BCUT2D eigenvalue weighted by Crippen LogP contribution is 2.18. The summed E-state index contributed by atoms with van der Waals surface area (Å²) in [7, 11) is 0. The molecule has 58 heavy (non-hydrogen) atoms. The Morgan fingerprint density at radius 1 is 0.483 bits per heavy atom. The summed E-state index contributed by atoms with van der Waals surface area (Å²) < 4.78 is 5.92. The summed E-state index contributed by atoms with van der Waals surface area (Å²) in [5, 5.41) is 23.7. The topological polar surface area (TPSA) is 95.9 Å². The van der Waals surface area contributed by atoms with E-state index in [4.69, 9.17) is 4.74 Å². The van der Waals surface area contributed by atoms with Gasteiger partial charge in [-0.3, -0.25) is 9.59 Å². The molecule has 3 unspecified atom stereocenters. The van der Waals surface area contributed by atoms with Crippen molar-refractivity contribution >= 4 is 11.9 Å². The lowest BCUT2D eigenvalue weighted by atomic mass is 10.0. The Morgan fingerprint density at radius 3 is 1.24 bits per heavy atom. The first kappa shape index (κ1) is 56.3. The largest absolute Gasteiger partial charge is 0.462 e. The van der Waals surface area contributed by atoms with Gasteiger partial charge in [-0.15, -0.1) is 0 Å². The monoisotopic (exact) mass is 818 g/mol. The van der Waals surface area contributed by atoms with Crippen LogP contribution in [0.4, 0.5) is 0 Å². The third-order valence-corrected chi connectivity index (χ3v) is 11.8. The zero-order valence-corrected chi connectivity index (χ0v) is 38.9. The molecule has 3 N–H and O–H groups in total. The molecule has 0 spiro atoms. The van der Waals surface area contributed by atoms with E-state index in [-0.39, 0.29) is 24.9 Å². The fourth-order valence-electron chi connectivity index (χ4n) is 7.83. The van der Waals surface area contributed by atoms with E-state index in [0.29, 0.717) is 19.3 Å². The van der Waals surface area contributed by atoms with Crippen LogP contribution in [0.1, 0.15) is 271 Å². The van der Waals surface area contributed by atoms with Gasteiger partial charge in [0, 0.05) is 6.42 Å². The van der Waals surface area contributed by atoms with Crippen molar-refractivity contribution in [2.45, 2.75) is 289 Å². The second-order valence-electron chi connectivity index (χ2n) is 17.6. The molecule has 342 valence electrons. The van der Waals surface area contributed by atoms with Gasteiger partial charge in [-0.05, 0) is 77.0 Å². The van der Waals surface area contributed by atoms with Crippen LogP contribution in [0.2, 0.25) is 0 Å². The van der Waals surface area contributed by atoms with Crippen LogP contribution in [0.5, 0.6) is 0 Å². The maximum atomic E-state index is 13.2. The van der Waals surface area contributed by atoms with Gasteiger partial charge in [-0.2, -0.15) is 0 Å². The zero-order chi connectivity index (χ0) is 42.4. The van der Waals surface area contributed by atoms with Crippen LogP contribution in [-0.4, -0.2) is 46.9 Å². The lowest BCUT2D eigenvalue weighted by Crippen LogP contribution is -2.46. The van der Waals surface area contributed by atoms with Gasteiger partial charge >= 0.3 is 5.97 Å². The van der Waals surface area contributed by atoms with Gasteiger partial charge in [0.05, 0.1) is 25.2 Å². The molecule has 1 amide bonds. The van der Waals surface area contributed by atoms with Crippen molar-refractivity contribution in [2.24, 2.45) is 0 Å². The molecule has 0 aromatic heterocycles. The predicted octanol–water partition coefficient (Wildman–Crippen LogP) is 15.1. The van der Waals surface area contributed by atoms with Crippen LogP contribution in [0.15, 0.2) is 24.3 Å². The molecular weight excluding hydrogens is 719 g/mol. The van der Waals surface area contributed by atoms with Gasteiger partial charge in [0.15, 0.2) is 0 Å². The highest BCUT2D eigenvalue weighted by molar-refractivity contribution is 5.77. The molecule has 0 rings (SSSR count). The van der Waals surface area contributed by atoms with Crippen molar-refractivity contribution in [1.29, 1.82) is 0 Å². The molecule has 0 heterocycles. The highest BCUT2D eigenvalue weighted by atomic mass is 16.5.